The van der Waals surface area contributed by atoms with Crippen molar-refractivity contribution in [3.05, 3.63) is 45.4 Å². The predicted molar refractivity (Wildman–Crippen MR) is 127 cm³/mol. The van der Waals surface area contributed by atoms with Crippen LogP contribution >= 0.6 is 11.6 Å². The lowest BCUT2D eigenvalue weighted by Gasteiger charge is -2.50. The van der Waals surface area contributed by atoms with Gasteiger partial charge in [0.2, 0.25) is 5.91 Å². The van der Waals surface area contributed by atoms with Crippen LogP contribution in [0.15, 0.2) is 22.9 Å². The Morgan fingerprint density at radius 1 is 1.13 bits per heavy atom. The smallest absolute Gasteiger partial charge is 0.293 e. The van der Waals surface area contributed by atoms with Gasteiger partial charge >= 0.3 is 0 Å². The van der Waals surface area contributed by atoms with Crippen molar-refractivity contribution in [1.82, 2.24) is 20.1 Å². The maximum absolute atomic E-state index is 13.8. The van der Waals surface area contributed by atoms with Crippen LogP contribution in [0.1, 0.15) is 57.8 Å². The predicted octanol–water partition coefficient (Wildman–Crippen LogP) is 2.87. The quantitative estimate of drug-likeness (QED) is 0.320. The summed E-state index contributed by atoms with van der Waals surface area (Å²) in [7, 11) is 0. The summed E-state index contributed by atoms with van der Waals surface area (Å²) in [4.78, 5) is 53.4. The van der Waals surface area contributed by atoms with E-state index in [2.05, 4.69) is 10.6 Å². The standard InChI is InChI=1S/C25H25ClF4N4O4/c1-12-18(17-3-2-6-34(17)19(12)21(36)31-14-4-5-16(28)15(26)7-14)20(35)22(37)32-24(10-25(29,30)11-24)23(38)33-8-13(27)9-33/h4,7,13,16H,2-3,5-6,8-11H2,1H3,(H,31,36)(H,32,37). The van der Waals surface area contributed by atoms with E-state index in [1.807, 2.05) is 0 Å². The molecule has 0 radical (unpaired) electrons. The third-order valence-corrected chi connectivity index (χ3v) is 7.81. The highest BCUT2D eigenvalue weighted by Crippen LogP contribution is 2.47. The number of hydrogen-bond donors (Lipinski definition) is 2. The van der Waals surface area contributed by atoms with Gasteiger partial charge in [-0.3, -0.25) is 19.2 Å². The van der Waals surface area contributed by atoms with Crippen molar-refractivity contribution < 1.29 is 36.7 Å². The first-order valence-electron chi connectivity index (χ1n) is 12.2. The van der Waals surface area contributed by atoms with Crippen molar-refractivity contribution >= 4 is 35.1 Å². The first-order valence-corrected chi connectivity index (χ1v) is 12.6. The molecule has 204 valence electrons. The zero-order valence-corrected chi connectivity index (χ0v) is 21.1. The average molecular weight is 557 g/mol. The Morgan fingerprint density at radius 3 is 2.42 bits per heavy atom. The molecule has 13 heteroatoms. The number of carbonyl (C=O) groups is 4. The van der Waals surface area contributed by atoms with Gasteiger partial charge in [0.05, 0.1) is 23.7 Å². The van der Waals surface area contributed by atoms with Crippen molar-refractivity contribution in [3.63, 3.8) is 0 Å². The molecular formula is C25H25ClF4N4O4. The van der Waals surface area contributed by atoms with Crippen LogP contribution in [0.5, 0.6) is 0 Å². The first-order chi connectivity index (χ1) is 17.8. The number of likely N-dealkylation sites (tertiary alicyclic amines) is 1. The van der Waals surface area contributed by atoms with Gasteiger partial charge in [-0.15, -0.1) is 0 Å². The number of halogens is 5. The molecule has 2 N–H and O–H groups in total. The Hall–Kier alpha value is -3.15. The van der Waals surface area contributed by atoms with E-state index in [-0.39, 0.29) is 41.4 Å². The van der Waals surface area contributed by atoms with Gasteiger partial charge in [0.25, 0.3) is 23.5 Å². The number of allylic oxidation sites excluding steroid dienone is 3. The lowest BCUT2D eigenvalue weighted by atomic mass is 9.71. The van der Waals surface area contributed by atoms with Crippen LogP contribution in [0.3, 0.4) is 0 Å². The Kier molecular flexibility index (Phi) is 6.44. The number of nitrogens with zero attached hydrogens (tertiary/aromatic N) is 2. The van der Waals surface area contributed by atoms with Gasteiger partial charge < -0.3 is 20.1 Å². The summed E-state index contributed by atoms with van der Waals surface area (Å²) in [6.45, 7) is 1.38. The molecule has 2 aliphatic carbocycles. The molecule has 3 amide bonds. The van der Waals surface area contributed by atoms with Crippen molar-refractivity contribution in [2.24, 2.45) is 0 Å². The number of alkyl halides is 4. The lowest BCUT2D eigenvalue weighted by Crippen LogP contribution is -2.72. The first kappa shape index (κ1) is 26.5. The van der Waals surface area contributed by atoms with Crippen LogP contribution in [-0.2, 0) is 22.6 Å². The third-order valence-electron chi connectivity index (χ3n) is 7.46. The normalized spacial score (nSPS) is 23.4. The fourth-order valence-corrected chi connectivity index (χ4v) is 5.84. The summed E-state index contributed by atoms with van der Waals surface area (Å²) in [6, 6.07) is 0. The Labute approximate surface area is 220 Å². The van der Waals surface area contributed by atoms with E-state index in [1.165, 1.54) is 19.1 Å². The molecule has 1 saturated carbocycles. The SMILES string of the molecule is Cc1c(C(=O)C(=O)NC2(C(=O)N3CC(F)C3)CC(F)(F)C2)c2n(c1C(=O)NC1=CCC(F)C(Cl)=C1)CCC2. The number of ketones is 1. The van der Waals surface area contributed by atoms with Gasteiger partial charge in [0.1, 0.15) is 23.6 Å². The third kappa shape index (κ3) is 4.42. The number of rotatable bonds is 6. The molecule has 1 unspecified atom stereocenters. The molecule has 1 aromatic heterocycles. The number of carbonyl (C=O) groups excluding carboxylic acids is 4. The molecule has 3 heterocycles. The van der Waals surface area contributed by atoms with Crippen molar-refractivity contribution in [1.29, 1.82) is 0 Å². The van der Waals surface area contributed by atoms with E-state index in [4.69, 9.17) is 11.6 Å². The van der Waals surface area contributed by atoms with Crippen LogP contribution in [0, 0.1) is 6.92 Å². The van der Waals surface area contributed by atoms with Gasteiger partial charge in [-0.2, -0.15) is 0 Å². The fraction of sp³-hybridized carbons (Fsp3) is 0.520. The second-order valence-electron chi connectivity index (χ2n) is 10.3. The van der Waals surface area contributed by atoms with Gasteiger partial charge in [0, 0.05) is 37.2 Å². The number of hydrogen-bond acceptors (Lipinski definition) is 4. The number of Topliss-reactive ketones (excluding diaryl/α,β-unsaturated/α-hetero) is 1. The monoisotopic (exact) mass is 556 g/mol. The van der Waals surface area contributed by atoms with E-state index >= 15 is 0 Å². The fourth-order valence-electron chi connectivity index (χ4n) is 5.64. The molecule has 38 heavy (non-hydrogen) atoms. The molecule has 8 nitrogen and oxygen atoms in total. The highest BCUT2D eigenvalue weighted by Gasteiger charge is 2.64. The zero-order valence-electron chi connectivity index (χ0n) is 20.4. The van der Waals surface area contributed by atoms with Gasteiger partial charge in [-0.25, -0.2) is 17.6 Å². The highest BCUT2D eigenvalue weighted by atomic mass is 35.5. The summed E-state index contributed by atoms with van der Waals surface area (Å²) < 4.78 is 56.2. The topological polar surface area (TPSA) is 101 Å². The molecule has 1 atom stereocenters. The van der Waals surface area contributed by atoms with Crippen molar-refractivity contribution in [2.75, 3.05) is 13.1 Å². The van der Waals surface area contributed by atoms with Crippen LogP contribution in [0.25, 0.3) is 0 Å². The largest absolute Gasteiger partial charge is 0.340 e. The molecule has 0 aromatic carbocycles. The van der Waals surface area contributed by atoms with Crippen molar-refractivity contribution in [3.8, 4) is 0 Å². The Morgan fingerprint density at radius 2 is 1.82 bits per heavy atom. The maximum atomic E-state index is 13.8. The maximum Gasteiger partial charge on any atom is 0.293 e. The van der Waals surface area contributed by atoms with Gasteiger partial charge in [0.15, 0.2) is 0 Å². The summed E-state index contributed by atoms with van der Waals surface area (Å²) in [5.74, 6) is -6.95. The van der Waals surface area contributed by atoms with E-state index in [0.29, 0.717) is 30.8 Å². The minimum Gasteiger partial charge on any atom is -0.340 e. The number of nitrogens with one attached hydrogen (secondary N) is 2. The van der Waals surface area contributed by atoms with E-state index in [0.717, 1.165) is 4.90 Å². The number of amides is 3. The molecule has 2 fully saturated rings. The molecule has 0 spiro atoms. The van der Waals surface area contributed by atoms with Gasteiger partial charge in [-0.1, -0.05) is 17.7 Å². The van der Waals surface area contributed by atoms with Crippen molar-refractivity contribution in [2.45, 2.75) is 69.4 Å². The number of fused-ring (bicyclic) bond motifs is 1. The second kappa shape index (κ2) is 9.25. The second-order valence-corrected chi connectivity index (χ2v) is 10.7. The zero-order chi connectivity index (χ0) is 27.6. The molecule has 4 aliphatic rings. The van der Waals surface area contributed by atoms with Crippen LogP contribution in [0.4, 0.5) is 17.6 Å². The molecule has 2 aliphatic heterocycles. The minimum atomic E-state index is -3.21. The molecule has 1 saturated heterocycles. The Bertz CT molecular complexity index is 1310. The van der Waals surface area contributed by atoms with E-state index in [1.54, 1.807) is 4.57 Å². The Balaban J connectivity index is 1.38. The summed E-state index contributed by atoms with van der Waals surface area (Å²) >= 11 is 5.85. The van der Waals surface area contributed by atoms with E-state index < -0.39 is 60.2 Å². The summed E-state index contributed by atoms with van der Waals surface area (Å²) in [6.07, 6.45) is -0.839. The van der Waals surface area contributed by atoms with Crippen LogP contribution in [0.2, 0.25) is 0 Å². The molecule has 0 bridgehead atoms. The molecule has 5 rings (SSSR count). The minimum absolute atomic E-state index is 0.0109. The summed E-state index contributed by atoms with van der Waals surface area (Å²) in [5, 5.41) is 4.81. The molecule has 1 aromatic rings. The van der Waals surface area contributed by atoms with Crippen LogP contribution < -0.4 is 10.6 Å². The van der Waals surface area contributed by atoms with E-state index in [9.17, 15) is 36.7 Å². The summed E-state index contributed by atoms with van der Waals surface area (Å²) in [5.41, 5.74) is -0.931. The van der Waals surface area contributed by atoms with Crippen LogP contribution in [-0.4, -0.2) is 69.9 Å². The van der Waals surface area contributed by atoms with Gasteiger partial charge in [-0.05, 0) is 31.4 Å². The highest BCUT2D eigenvalue weighted by molar-refractivity contribution is 6.44. The average Bonchev–Trinajstić information content (AvgIpc) is 3.36. The molecular weight excluding hydrogens is 532 g/mol. The lowest BCUT2D eigenvalue weighted by molar-refractivity contribution is -0.178. The number of aromatic nitrogens is 1.